The number of hydrogen-bond donors (Lipinski definition) is 1. The molecule has 0 radical (unpaired) electrons. The van der Waals surface area contributed by atoms with E-state index in [1.807, 2.05) is 24.3 Å². The minimum Gasteiger partial charge on any atom is -0.491 e. The van der Waals surface area contributed by atoms with Crippen LogP contribution in [-0.4, -0.2) is 31.8 Å². The van der Waals surface area contributed by atoms with Crippen molar-refractivity contribution in [2.24, 2.45) is 5.92 Å². The molecule has 6 heteroatoms. The van der Waals surface area contributed by atoms with Crippen molar-refractivity contribution in [2.45, 2.75) is 32.8 Å². The van der Waals surface area contributed by atoms with Crippen LogP contribution in [0.1, 0.15) is 37.0 Å². The van der Waals surface area contributed by atoms with Crippen molar-refractivity contribution in [1.82, 2.24) is 0 Å². The van der Waals surface area contributed by atoms with Gasteiger partial charge in [0.05, 0.1) is 22.9 Å². The predicted molar refractivity (Wildman–Crippen MR) is 113 cm³/mol. The Labute approximate surface area is 174 Å². The van der Waals surface area contributed by atoms with Gasteiger partial charge in [-0.1, -0.05) is 26.0 Å². The van der Waals surface area contributed by atoms with Gasteiger partial charge in [-0.25, -0.2) is 0 Å². The molecule has 0 saturated carbocycles. The second-order valence-corrected chi connectivity index (χ2v) is 8.10. The Balaban J connectivity index is 1.63. The van der Waals surface area contributed by atoms with Crippen molar-refractivity contribution in [3.63, 3.8) is 0 Å². The normalized spacial score (nSPS) is 16.2. The van der Waals surface area contributed by atoms with Crippen LogP contribution in [0.15, 0.2) is 46.9 Å². The van der Waals surface area contributed by atoms with Crippen LogP contribution in [0.25, 0.3) is 0 Å². The largest absolute Gasteiger partial charge is 0.491 e. The van der Waals surface area contributed by atoms with E-state index in [1.54, 1.807) is 18.2 Å². The summed E-state index contributed by atoms with van der Waals surface area (Å²) in [4.78, 5) is 12.7. The first kappa shape index (κ1) is 20.7. The van der Waals surface area contributed by atoms with Gasteiger partial charge in [0.2, 0.25) is 0 Å². The summed E-state index contributed by atoms with van der Waals surface area (Å²) in [6, 6.07) is 12.8. The van der Waals surface area contributed by atoms with E-state index in [2.05, 4.69) is 35.1 Å². The van der Waals surface area contributed by atoms with Gasteiger partial charge in [-0.3, -0.25) is 4.79 Å². The lowest BCUT2D eigenvalue weighted by Gasteiger charge is -2.15. The van der Waals surface area contributed by atoms with Crippen LogP contribution in [0.5, 0.6) is 11.5 Å². The summed E-state index contributed by atoms with van der Waals surface area (Å²) in [6.45, 7) is 6.08. The lowest BCUT2D eigenvalue weighted by atomic mass is 10.2. The van der Waals surface area contributed by atoms with Gasteiger partial charge in [0, 0.05) is 12.2 Å². The topological polar surface area (TPSA) is 56.8 Å². The highest BCUT2D eigenvalue weighted by molar-refractivity contribution is 9.10. The molecule has 1 aliphatic rings. The molecule has 150 valence electrons. The fraction of sp³-hybridized carbons (Fsp3) is 0.409. The average Bonchev–Trinajstić information content (AvgIpc) is 3.19. The summed E-state index contributed by atoms with van der Waals surface area (Å²) < 4.78 is 17.9. The summed E-state index contributed by atoms with van der Waals surface area (Å²) in [6.07, 6.45) is 2.25. The fourth-order valence-corrected chi connectivity index (χ4v) is 3.36. The van der Waals surface area contributed by atoms with Crippen LogP contribution >= 0.6 is 15.9 Å². The van der Waals surface area contributed by atoms with E-state index >= 15 is 0 Å². The first-order chi connectivity index (χ1) is 13.5. The van der Waals surface area contributed by atoms with E-state index in [0.717, 1.165) is 23.9 Å². The van der Waals surface area contributed by atoms with Gasteiger partial charge in [-0.2, -0.15) is 0 Å². The number of rotatable bonds is 8. The third-order valence-corrected chi connectivity index (χ3v) is 4.97. The Hall–Kier alpha value is -2.05. The molecule has 28 heavy (non-hydrogen) atoms. The Morgan fingerprint density at radius 2 is 2.04 bits per heavy atom. The van der Waals surface area contributed by atoms with E-state index in [9.17, 15) is 4.79 Å². The van der Waals surface area contributed by atoms with Gasteiger partial charge >= 0.3 is 0 Å². The highest BCUT2D eigenvalue weighted by Gasteiger charge is 2.17. The smallest absolute Gasteiger partial charge is 0.255 e. The number of benzene rings is 2. The van der Waals surface area contributed by atoms with Crippen LogP contribution in [0, 0.1) is 5.92 Å². The van der Waals surface area contributed by atoms with Gasteiger partial charge in [-0.15, -0.1) is 0 Å². The number of anilines is 1. The maximum absolute atomic E-state index is 12.7. The summed E-state index contributed by atoms with van der Waals surface area (Å²) in [5.41, 5.74) is 1.19. The van der Waals surface area contributed by atoms with Crippen molar-refractivity contribution in [3.05, 3.63) is 52.5 Å². The SMILES string of the molecule is CC(C)COc1ccccc1NC(=O)c1ccc(OCC2CCCO2)c(Br)c1. The summed E-state index contributed by atoms with van der Waals surface area (Å²) in [5, 5.41) is 2.93. The second kappa shape index (κ2) is 9.94. The average molecular weight is 448 g/mol. The molecular weight excluding hydrogens is 422 g/mol. The molecule has 2 aromatic carbocycles. The van der Waals surface area contributed by atoms with Crippen LogP contribution in [0.2, 0.25) is 0 Å². The Morgan fingerprint density at radius 1 is 1.21 bits per heavy atom. The molecule has 1 heterocycles. The van der Waals surface area contributed by atoms with Gasteiger partial charge in [0.15, 0.2) is 0 Å². The van der Waals surface area contributed by atoms with E-state index in [0.29, 0.717) is 41.9 Å². The summed E-state index contributed by atoms with van der Waals surface area (Å²) in [7, 11) is 0. The molecule has 1 unspecified atom stereocenters. The predicted octanol–water partition coefficient (Wildman–Crippen LogP) is 5.29. The molecule has 1 aliphatic heterocycles. The fourth-order valence-electron chi connectivity index (χ4n) is 2.86. The Kier molecular flexibility index (Phi) is 7.34. The lowest BCUT2D eigenvalue weighted by Crippen LogP contribution is -2.17. The zero-order chi connectivity index (χ0) is 19.9. The molecule has 5 nitrogen and oxygen atoms in total. The standard InChI is InChI=1S/C22H26BrNO4/c1-15(2)13-27-21-8-4-3-7-19(21)24-22(25)16-9-10-20(18(23)12-16)28-14-17-6-5-11-26-17/h3-4,7-10,12,15,17H,5-6,11,13-14H2,1-2H3,(H,24,25). The molecular formula is C22H26BrNO4. The second-order valence-electron chi connectivity index (χ2n) is 7.25. The van der Waals surface area contributed by atoms with E-state index in [4.69, 9.17) is 14.2 Å². The maximum atomic E-state index is 12.7. The molecule has 1 fully saturated rings. The van der Waals surface area contributed by atoms with Crippen molar-refractivity contribution in [3.8, 4) is 11.5 Å². The molecule has 1 saturated heterocycles. The molecule has 1 atom stereocenters. The van der Waals surface area contributed by atoms with Crippen molar-refractivity contribution in [2.75, 3.05) is 25.1 Å². The van der Waals surface area contributed by atoms with Crippen molar-refractivity contribution < 1.29 is 19.0 Å². The minimum absolute atomic E-state index is 0.150. The van der Waals surface area contributed by atoms with Gasteiger partial charge in [0.1, 0.15) is 18.1 Å². The van der Waals surface area contributed by atoms with Crippen LogP contribution < -0.4 is 14.8 Å². The molecule has 2 aromatic rings. The molecule has 0 spiro atoms. The number of hydrogen-bond acceptors (Lipinski definition) is 4. The van der Waals surface area contributed by atoms with E-state index in [1.165, 1.54) is 0 Å². The Bertz CT molecular complexity index is 803. The van der Waals surface area contributed by atoms with Gasteiger partial charge in [0.25, 0.3) is 5.91 Å². The number of nitrogens with one attached hydrogen (secondary N) is 1. The zero-order valence-electron chi connectivity index (χ0n) is 16.2. The number of amides is 1. The van der Waals surface area contributed by atoms with E-state index < -0.39 is 0 Å². The molecule has 0 aliphatic carbocycles. The van der Waals surface area contributed by atoms with Crippen LogP contribution in [0.4, 0.5) is 5.69 Å². The van der Waals surface area contributed by atoms with Crippen molar-refractivity contribution in [1.29, 1.82) is 0 Å². The monoisotopic (exact) mass is 447 g/mol. The molecule has 3 rings (SSSR count). The maximum Gasteiger partial charge on any atom is 0.255 e. The summed E-state index contributed by atoms with van der Waals surface area (Å²) in [5.74, 6) is 1.57. The molecule has 1 N–H and O–H groups in total. The quantitative estimate of drug-likeness (QED) is 0.596. The molecule has 1 amide bonds. The number of carbonyl (C=O) groups excluding carboxylic acids is 1. The highest BCUT2D eigenvalue weighted by Crippen LogP contribution is 2.29. The van der Waals surface area contributed by atoms with Crippen molar-refractivity contribution >= 4 is 27.5 Å². The lowest BCUT2D eigenvalue weighted by molar-refractivity contribution is 0.0677. The molecule has 0 bridgehead atoms. The van der Waals surface area contributed by atoms with Crippen LogP contribution in [0.3, 0.4) is 0 Å². The first-order valence-corrected chi connectivity index (χ1v) is 10.4. The van der Waals surface area contributed by atoms with Gasteiger partial charge < -0.3 is 19.5 Å². The summed E-state index contributed by atoms with van der Waals surface area (Å²) >= 11 is 3.50. The minimum atomic E-state index is -0.202. The third kappa shape index (κ3) is 5.72. The van der Waals surface area contributed by atoms with Gasteiger partial charge in [-0.05, 0) is 65.0 Å². The third-order valence-electron chi connectivity index (χ3n) is 4.35. The highest BCUT2D eigenvalue weighted by atomic mass is 79.9. The number of para-hydroxylation sites is 2. The Morgan fingerprint density at radius 3 is 2.75 bits per heavy atom. The first-order valence-electron chi connectivity index (χ1n) is 9.60. The zero-order valence-corrected chi connectivity index (χ0v) is 17.8. The van der Waals surface area contributed by atoms with Crippen LogP contribution in [-0.2, 0) is 4.74 Å². The molecule has 0 aromatic heterocycles. The number of halogens is 1. The number of carbonyl (C=O) groups is 1. The van der Waals surface area contributed by atoms with E-state index in [-0.39, 0.29) is 12.0 Å². The number of ether oxygens (including phenoxy) is 3.